The number of fused-ring (bicyclic) bond motifs is 1. The molecule has 0 radical (unpaired) electrons. The minimum absolute atomic E-state index is 0.0306. The Bertz CT molecular complexity index is 721. The topological polar surface area (TPSA) is 30.2 Å². The predicted octanol–water partition coefficient (Wildman–Crippen LogP) is 3.62. The maximum atomic E-state index is 12.1. The van der Waals surface area contributed by atoms with Gasteiger partial charge in [0.15, 0.2) is 5.43 Å². The highest BCUT2D eigenvalue weighted by Crippen LogP contribution is 2.25. The molecule has 1 aliphatic carbocycles. The van der Waals surface area contributed by atoms with Crippen LogP contribution in [0.25, 0.3) is 11.0 Å². The van der Waals surface area contributed by atoms with Gasteiger partial charge in [-0.2, -0.15) is 0 Å². The molecule has 3 rings (SSSR count). The zero-order valence-corrected chi connectivity index (χ0v) is 10.4. The van der Waals surface area contributed by atoms with Gasteiger partial charge in [0.05, 0.1) is 11.3 Å². The van der Waals surface area contributed by atoms with Gasteiger partial charge in [-0.15, -0.1) is 0 Å². The quantitative estimate of drug-likeness (QED) is 0.759. The highest BCUT2D eigenvalue weighted by atomic mass is 16.3. The molecule has 2 heteroatoms. The zero-order chi connectivity index (χ0) is 12.7. The van der Waals surface area contributed by atoms with Crippen LogP contribution in [0.2, 0.25) is 0 Å². The van der Waals surface area contributed by atoms with Gasteiger partial charge in [-0.05, 0) is 37.1 Å². The van der Waals surface area contributed by atoms with Gasteiger partial charge < -0.3 is 4.42 Å². The molecule has 0 amide bonds. The fourth-order valence-electron chi connectivity index (χ4n) is 2.22. The molecule has 18 heavy (non-hydrogen) atoms. The molecule has 0 saturated heterocycles. The Labute approximate surface area is 105 Å². The van der Waals surface area contributed by atoms with Crippen LogP contribution in [0, 0.1) is 13.8 Å². The molecule has 0 aliphatic heterocycles. The van der Waals surface area contributed by atoms with E-state index < -0.39 is 0 Å². The van der Waals surface area contributed by atoms with Crippen molar-refractivity contribution < 1.29 is 4.42 Å². The highest BCUT2D eigenvalue weighted by Gasteiger charge is 2.13. The van der Waals surface area contributed by atoms with Crippen LogP contribution in [0.5, 0.6) is 0 Å². The van der Waals surface area contributed by atoms with Crippen LogP contribution in [0.1, 0.15) is 22.8 Å². The van der Waals surface area contributed by atoms with E-state index in [1.165, 1.54) is 0 Å². The molecular formula is C16H14O2. The molecule has 90 valence electrons. The molecule has 1 aromatic carbocycles. The van der Waals surface area contributed by atoms with Crippen molar-refractivity contribution in [1.29, 1.82) is 0 Å². The monoisotopic (exact) mass is 238 g/mol. The first kappa shape index (κ1) is 11.0. The number of aryl methyl sites for hydroxylation is 2. The van der Waals surface area contributed by atoms with E-state index in [1.807, 2.05) is 50.3 Å². The van der Waals surface area contributed by atoms with E-state index in [0.29, 0.717) is 16.7 Å². The number of allylic oxidation sites excluding steroid dienone is 4. The summed E-state index contributed by atoms with van der Waals surface area (Å²) >= 11 is 0. The van der Waals surface area contributed by atoms with Crippen LogP contribution in [0.4, 0.5) is 0 Å². The Morgan fingerprint density at radius 1 is 1.00 bits per heavy atom. The van der Waals surface area contributed by atoms with Gasteiger partial charge in [0.1, 0.15) is 11.3 Å². The van der Waals surface area contributed by atoms with E-state index in [4.69, 9.17) is 4.42 Å². The lowest BCUT2D eigenvalue weighted by Gasteiger charge is -2.08. The second-order valence-electron chi connectivity index (χ2n) is 4.74. The van der Waals surface area contributed by atoms with Gasteiger partial charge in [0, 0.05) is 6.07 Å². The first-order valence-corrected chi connectivity index (χ1v) is 6.05. The van der Waals surface area contributed by atoms with Crippen molar-refractivity contribution in [3.63, 3.8) is 0 Å². The van der Waals surface area contributed by atoms with Crippen LogP contribution >= 0.6 is 0 Å². The van der Waals surface area contributed by atoms with E-state index in [1.54, 1.807) is 6.07 Å². The second kappa shape index (κ2) is 3.98. The van der Waals surface area contributed by atoms with Gasteiger partial charge in [0.2, 0.25) is 0 Å². The lowest BCUT2D eigenvalue weighted by Crippen LogP contribution is -2.04. The third-order valence-electron chi connectivity index (χ3n) is 3.44. The number of benzene rings is 1. The molecule has 0 N–H and O–H groups in total. The van der Waals surface area contributed by atoms with E-state index in [0.717, 1.165) is 11.1 Å². The molecule has 0 fully saturated rings. The lowest BCUT2D eigenvalue weighted by molar-refractivity contribution is 0.537. The van der Waals surface area contributed by atoms with Gasteiger partial charge >= 0.3 is 0 Å². The molecule has 1 aliphatic rings. The lowest BCUT2D eigenvalue weighted by atomic mass is 10.0. The van der Waals surface area contributed by atoms with Crippen LogP contribution in [0.3, 0.4) is 0 Å². The Balaban J connectivity index is 2.26. The summed E-state index contributed by atoms with van der Waals surface area (Å²) in [5.74, 6) is 0.796. The van der Waals surface area contributed by atoms with E-state index in [9.17, 15) is 4.79 Å². The summed E-state index contributed by atoms with van der Waals surface area (Å²) in [5.41, 5.74) is 2.96. The molecule has 2 nitrogen and oxygen atoms in total. The summed E-state index contributed by atoms with van der Waals surface area (Å²) in [5, 5.41) is 0.660. The summed E-state index contributed by atoms with van der Waals surface area (Å²) < 4.78 is 5.86. The largest absolute Gasteiger partial charge is 0.460 e. The Morgan fingerprint density at radius 2 is 1.67 bits per heavy atom. The fraction of sp³-hybridized carbons (Fsp3) is 0.188. The van der Waals surface area contributed by atoms with Crippen molar-refractivity contribution in [3.8, 4) is 0 Å². The number of hydrogen-bond donors (Lipinski definition) is 0. The zero-order valence-electron chi connectivity index (χ0n) is 10.4. The molecule has 0 unspecified atom stereocenters. The summed E-state index contributed by atoms with van der Waals surface area (Å²) in [6, 6.07) is 5.44. The Kier molecular flexibility index (Phi) is 2.44. The smallest absolute Gasteiger partial charge is 0.192 e. The minimum Gasteiger partial charge on any atom is -0.460 e. The van der Waals surface area contributed by atoms with Gasteiger partial charge in [-0.1, -0.05) is 24.3 Å². The molecule has 1 heterocycles. The predicted molar refractivity (Wildman–Crippen MR) is 73.0 cm³/mol. The summed E-state index contributed by atoms with van der Waals surface area (Å²) in [6.07, 6.45) is 7.97. The van der Waals surface area contributed by atoms with Crippen molar-refractivity contribution in [2.75, 3.05) is 0 Å². The van der Waals surface area contributed by atoms with E-state index in [2.05, 4.69) is 0 Å². The third-order valence-corrected chi connectivity index (χ3v) is 3.44. The normalized spacial score (nSPS) is 14.8. The fourth-order valence-corrected chi connectivity index (χ4v) is 2.22. The average molecular weight is 238 g/mol. The summed E-state index contributed by atoms with van der Waals surface area (Å²) in [4.78, 5) is 12.1. The van der Waals surface area contributed by atoms with Gasteiger partial charge in [-0.25, -0.2) is 0 Å². The SMILES string of the molecule is Cc1cc2oc(C3C=CC=C3)cc(=O)c2cc1C. The standard InChI is InChI=1S/C16H14O2/c1-10-7-13-14(17)9-15(12-5-3-4-6-12)18-16(13)8-11(10)2/h3-9,12H,1-2H3. The highest BCUT2D eigenvalue weighted by molar-refractivity contribution is 5.78. The second-order valence-corrected chi connectivity index (χ2v) is 4.74. The van der Waals surface area contributed by atoms with Crippen molar-refractivity contribution in [3.05, 3.63) is 69.6 Å². The van der Waals surface area contributed by atoms with Crippen LogP contribution in [0.15, 0.2) is 51.7 Å². The molecule has 1 aromatic heterocycles. The third kappa shape index (κ3) is 1.70. The first-order chi connectivity index (χ1) is 8.65. The molecular weight excluding hydrogens is 224 g/mol. The maximum Gasteiger partial charge on any atom is 0.192 e. The average Bonchev–Trinajstić information content (AvgIpc) is 2.85. The van der Waals surface area contributed by atoms with Crippen molar-refractivity contribution in [1.82, 2.24) is 0 Å². The van der Waals surface area contributed by atoms with E-state index >= 15 is 0 Å². The van der Waals surface area contributed by atoms with Crippen molar-refractivity contribution >= 4 is 11.0 Å². The molecule has 0 bridgehead atoms. The van der Waals surface area contributed by atoms with Gasteiger partial charge in [0.25, 0.3) is 0 Å². The number of hydrogen-bond acceptors (Lipinski definition) is 2. The molecule has 0 spiro atoms. The van der Waals surface area contributed by atoms with E-state index in [-0.39, 0.29) is 11.3 Å². The summed E-state index contributed by atoms with van der Waals surface area (Å²) in [7, 11) is 0. The summed E-state index contributed by atoms with van der Waals surface area (Å²) in [6.45, 7) is 4.03. The van der Waals surface area contributed by atoms with Crippen LogP contribution in [-0.2, 0) is 0 Å². The van der Waals surface area contributed by atoms with Crippen LogP contribution in [-0.4, -0.2) is 0 Å². The number of rotatable bonds is 1. The van der Waals surface area contributed by atoms with Gasteiger partial charge in [-0.3, -0.25) is 4.79 Å². The molecule has 2 aromatic rings. The first-order valence-electron chi connectivity index (χ1n) is 6.05. The molecule has 0 saturated carbocycles. The van der Waals surface area contributed by atoms with Crippen molar-refractivity contribution in [2.24, 2.45) is 0 Å². The Hall–Kier alpha value is -2.09. The maximum absolute atomic E-state index is 12.1. The minimum atomic E-state index is 0.0306. The Morgan fingerprint density at radius 3 is 2.39 bits per heavy atom. The molecule has 0 atom stereocenters. The van der Waals surface area contributed by atoms with Crippen molar-refractivity contribution in [2.45, 2.75) is 19.8 Å². The van der Waals surface area contributed by atoms with Crippen LogP contribution < -0.4 is 5.43 Å².